The number of hydrogen-bond donors (Lipinski definition) is 0. The number of nitrogens with zero attached hydrogens (tertiary/aromatic N) is 3. The number of carbonyl (C=O) groups excluding carboxylic acids is 1. The zero-order chi connectivity index (χ0) is 19.2. The summed E-state index contributed by atoms with van der Waals surface area (Å²) in [6, 6.07) is 17.6. The Labute approximate surface area is 162 Å². The predicted molar refractivity (Wildman–Crippen MR) is 104 cm³/mol. The third kappa shape index (κ3) is 4.68. The molecule has 3 aromatic rings. The van der Waals surface area contributed by atoms with Crippen LogP contribution in [-0.4, -0.2) is 33.1 Å². The van der Waals surface area contributed by atoms with E-state index in [0.717, 1.165) is 17.0 Å². The lowest BCUT2D eigenvalue weighted by atomic mass is 10.2. The highest BCUT2D eigenvalue weighted by Crippen LogP contribution is 2.27. The molecule has 0 N–H and O–H groups in total. The van der Waals surface area contributed by atoms with Gasteiger partial charge in [0.05, 0.1) is 7.11 Å². The van der Waals surface area contributed by atoms with Gasteiger partial charge in [0, 0.05) is 5.69 Å². The van der Waals surface area contributed by atoms with Gasteiger partial charge in [-0.1, -0.05) is 47.7 Å². The largest absolute Gasteiger partial charge is 0.486 e. The molecule has 0 spiro atoms. The van der Waals surface area contributed by atoms with Crippen LogP contribution >= 0.6 is 11.8 Å². The van der Waals surface area contributed by atoms with Crippen LogP contribution in [-0.2, 0) is 16.1 Å². The molecule has 1 heterocycles. The molecule has 7 heteroatoms. The lowest BCUT2D eigenvalue weighted by Crippen LogP contribution is -2.16. The van der Waals surface area contributed by atoms with Crippen LogP contribution in [0.15, 0.2) is 59.8 Å². The van der Waals surface area contributed by atoms with Crippen molar-refractivity contribution in [2.75, 3.05) is 7.11 Å². The van der Waals surface area contributed by atoms with E-state index in [4.69, 9.17) is 9.47 Å². The molecule has 3 rings (SSSR count). The second kappa shape index (κ2) is 8.73. The van der Waals surface area contributed by atoms with Gasteiger partial charge in [-0.25, -0.2) is 0 Å². The topological polar surface area (TPSA) is 66.2 Å². The Hall–Kier alpha value is -2.80. The molecule has 0 aliphatic rings. The summed E-state index contributed by atoms with van der Waals surface area (Å²) in [6.07, 6.45) is 0. The first-order valence-electron chi connectivity index (χ1n) is 8.52. The van der Waals surface area contributed by atoms with Crippen LogP contribution in [0.25, 0.3) is 5.69 Å². The molecule has 1 aromatic heterocycles. The number of hydrogen-bond acceptors (Lipinski definition) is 6. The number of aryl methyl sites for hydroxylation is 1. The smallest absolute Gasteiger partial charge is 0.318 e. The standard InChI is InChI=1S/C20H21N3O3S/c1-14-9-11-16(12-10-14)23-18(13-26-17-7-5-4-6-8-17)21-22-20(23)27-15(2)19(24)25-3/h4-12,15H,13H2,1-3H3/t15-/m1/s1. The summed E-state index contributed by atoms with van der Waals surface area (Å²) in [5.41, 5.74) is 2.07. The first kappa shape index (κ1) is 19.0. The summed E-state index contributed by atoms with van der Waals surface area (Å²) >= 11 is 1.30. The van der Waals surface area contributed by atoms with E-state index in [1.54, 1.807) is 6.92 Å². The molecule has 6 nitrogen and oxygen atoms in total. The number of methoxy groups -OCH3 is 1. The number of benzene rings is 2. The summed E-state index contributed by atoms with van der Waals surface area (Å²) < 4.78 is 12.6. The van der Waals surface area contributed by atoms with Gasteiger partial charge in [-0.05, 0) is 38.1 Å². The van der Waals surface area contributed by atoms with Crippen LogP contribution in [0.2, 0.25) is 0 Å². The summed E-state index contributed by atoms with van der Waals surface area (Å²) in [4.78, 5) is 11.8. The van der Waals surface area contributed by atoms with Gasteiger partial charge >= 0.3 is 5.97 Å². The van der Waals surface area contributed by atoms with Gasteiger partial charge < -0.3 is 9.47 Å². The van der Waals surface area contributed by atoms with Crippen molar-refractivity contribution in [3.8, 4) is 11.4 Å². The zero-order valence-corrected chi connectivity index (χ0v) is 16.3. The van der Waals surface area contributed by atoms with Crippen LogP contribution in [0.4, 0.5) is 0 Å². The van der Waals surface area contributed by atoms with Crippen molar-refractivity contribution in [3.05, 3.63) is 66.0 Å². The highest BCUT2D eigenvalue weighted by atomic mass is 32.2. The number of aromatic nitrogens is 3. The molecule has 0 aliphatic carbocycles. The summed E-state index contributed by atoms with van der Waals surface area (Å²) in [5.74, 6) is 1.11. The average Bonchev–Trinajstić information content (AvgIpc) is 3.09. The maximum absolute atomic E-state index is 11.8. The van der Waals surface area contributed by atoms with Crippen molar-refractivity contribution in [2.45, 2.75) is 30.9 Å². The van der Waals surface area contributed by atoms with E-state index in [1.807, 2.05) is 66.1 Å². The van der Waals surface area contributed by atoms with Crippen molar-refractivity contribution >= 4 is 17.7 Å². The van der Waals surface area contributed by atoms with Crippen molar-refractivity contribution in [1.82, 2.24) is 14.8 Å². The van der Waals surface area contributed by atoms with Crippen LogP contribution in [0.3, 0.4) is 0 Å². The van der Waals surface area contributed by atoms with E-state index in [9.17, 15) is 4.79 Å². The summed E-state index contributed by atoms with van der Waals surface area (Å²) in [7, 11) is 1.38. The fraction of sp³-hybridized carbons (Fsp3) is 0.250. The minimum absolute atomic E-state index is 0.262. The van der Waals surface area contributed by atoms with Gasteiger partial charge in [-0.3, -0.25) is 9.36 Å². The van der Waals surface area contributed by atoms with Crippen molar-refractivity contribution in [1.29, 1.82) is 0 Å². The van der Waals surface area contributed by atoms with Gasteiger partial charge in [0.25, 0.3) is 0 Å². The van der Waals surface area contributed by atoms with Gasteiger partial charge in [0.1, 0.15) is 17.6 Å². The van der Waals surface area contributed by atoms with Crippen LogP contribution in [0.5, 0.6) is 5.75 Å². The van der Waals surface area contributed by atoms with Gasteiger partial charge in [-0.15, -0.1) is 10.2 Å². The number of esters is 1. The highest BCUT2D eigenvalue weighted by molar-refractivity contribution is 8.00. The molecular formula is C20H21N3O3S. The zero-order valence-electron chi connectivity index (χ0n) is 15.5. The maximum Gasteiger partial charge on any atom is 0.318 e. The van der Waals surface area contributed by atoms with E-state index < -0.39 is 5.25 Å². The second-order valence-corrected chi connectivity index (χ2v) is 7.26. The van der Waals surface area contributed by atoms with Crippen LogP contribution < -0.4 is 4.74 Å². The van der Waals surface area contributed by atoms with E-state index in [-0.39, 0.29) is 12.6 Å². The first-order valence-corrected chi connectivity index (χ1v) is 9.40. The number of thioether (sulfide) groups is 1. The van der Waals surface area contributed by atoms with Crippen molar-refractivity contribution < 1.29 is 14.3 Å². The van der Waals surface area contributed by atoms with Crippen molar-refractivity contribution in [3.63, 3.8) is 0 Å². The van der Waals surface area contributed by atoms with Gasteiger partial charge in [-0.2, -0.15) is 0 Å². The summed E-state index contributed by atoms with van der Waals surface area (Å²) in [5, 5.41) is 8.77. The normalized spacial score (nSPS) is 11.8. The molecule has 0 saturated heterocycles. The monoisotopic (exact) mass is 383 g/mol. The fourth-order valence-electron chi connectivity index (χ4n) is 2.46. The lowest BCUT2D eigenvalue weighted by molar-refractivity contribution is -0.139. The molecule has 0 saturated carbocycles. The molecule has 0 radical (unpaired) electrons. The van der Waals surface area contributed by atoms with E-state index in [2.05, 4.69) is 10.2 Å². The fourth-order valence-corrected chi connectivity index (χ4v) is 3.37. The third-order valence-corrected chi connectivity index (χ3v) is 4.94. The first-order chi connectivity index (χ1) is 13.1. The Balaban J connectivity index is 1.90. The number of ether oxygens (including phenoxy) is 2. The quantitative estimate of drug-likeness (QED) is 0.457. The molecule has 27 heavy (non-hydrogen) atoms. The Morgan fingerprint density at radius 2 is 1.81 bits per heavy atom. The van der Waals surface area contributed by atoms with E-state index in [1.165, 1.54) is 18.9 Å². The summed E-state index contributed by atoms with van der Waals surface area (Å²) in [6.45, 7) is 4.08. The number of carbonyl (C=O) groups is 1. The van der Waals surface area contributed by atoms with E-state index >= 15 is 0 Å². The Bertz CT molecular complexity index is 895. The average molecular weight is 383 g/mol. The molecule has 1 atom stereocenters. The Morgan fingerprint density at radius 3 is 2.48 bits per heavy atom. The number of para-hydroxylation sites is 1. The molecular weight excluding hydrogens is 362 g/mol. The Kier molecular flexibility index (Phi) is 6.13. The minimum atomic E-state index is -0.397. The van der Waals surface area contributed by atoms with Crippen LogP contribution in [0, 0.1) is 6.92 Å². The molecule has 0 bridgehead atoms. The predicted octanol–water partition coefficient (Wildman–Crippen LogP) is 3.81. The molecule has 0 aliphatic heterocycles. The van der Waals surface area contributed by atoms with Gasteiger partial charge in [0.15, 0.2) is 11.0 Å². The third-order valence-electron chi connectivity index (χ3n) is 3.92. The van der Waals surface area contributed by atoms with Gasteiger partial charge in [0.2, 0.25) is 0 Å². The maximum atomic E-state index is 11.8. The van der Waals surface area contributed by atoms with Crippen molar-refractivity contribution in [2.24, 2.45) is 0 Å². The van der Waals surface area contributed by atoms with E-state index in [0.29, 0.717) is 11.0 Å². The SMILES string of the molecule is COC(=O)[C@@H](C)Sc1nnc(COc2ccccc2)n1-c1ccc(C)cc1. The second-order valence-electron chi connectivity index (χ2n) is 5.95. The minimum Gasteiger partial charge on any atom is -0.486 e. The molecule has 140 valence electrons. The van der Waals surface area contributed by atoms with Crippen LogP contribution in [0.1, 0.15) is 18.3 Å². The molecule has 0 fully saturated rings. The molecule has 0 unspecified atom stereocenters. The molecule has 0 amide bonds. The lowest BCUT2D eigenvalue weighted by Gasteiger charge is -2.13. The highest BCUT2D eigenvalue weighted by Gasteiger charge is 2.21. The molecule has 2 aromatic carbocycles. The number of rotatable bonds is 7. The Morgan fingerprint density at radius 1 is 1.11 bits per heavy atom.